The molecule has 0 bridgehead atoms. The maximum atomic E-state index is 12.8. The third-order valence-corrected chi connectivity index (χ3v) is 3.91. The molecule has 2 amide bonds. The molecule has 1 fully saturated rings. The number of halogens is 1. The molecule has 120 valence electrons. The molecule has 3 N–H and O–H groups in total. The number of nitrogens with two attached hydrogens (primary N) is 1. The second-order valence-corrected chi connectivity index (χ2v) is 5.76. The quantitative estimate of drug-likeness (QED) is 0.488. The van der Waals surface area contributed by atoms with Crippen LogP contribution in [0.1, 0.15) is 5.56 Å². The Morgan fingerprint density at radius 2 is 1.92 bits per heavy atom. The van der Waals surface area contributed by atoms with E-state index in [9.17, 15) is 9.59 Å². The highest BCUT2D eigenvalue weighted by Gasteiger charge is 2.34. The van der Waals surface area contributed by atoms with Gasteiger partial charge in [-0.2, -0.15) is 0 Å². The number of carbonyl (C=O) groups excluding carboxylic acids is 2. The maximum absolute atomic E-state index is 12.8. The highest BCUT2D eigenvalue weighted by Crippen LogP contribution is 2.24. The summed E-state index contributed by atoms with van der Waals surface area (Å²) >= 11 is 11.0. The molecule has 1 aromatic heterocycles. The molecule has 1 aliphatic heterocycles. The molecule has 0 atom stereocenters. The van der Waals surface area contributed by atoms with Crippen molar-refractivity contribution >= 4 is 58.2 Å². The van der Waals surface area contributed by atoms with Gasteiger partial charge in [-0.25, -0.2) is 0 Å². The lowest BCUT2D eigenvalue weighted by Crippen LogP contribution is -2.54. The smallest absolute Gasteiger partial charge is 0.270 e. The van der Waals surface area contributed by atoms with Crippen LogP contribution in [-0.2, 0) is 9.59 Å². The summed E-state index contributed by atoms with van der Waals surface area (Å²) in [5.74, 6) is -1.12. The molecule has 2 aromatic rings. The number of hydrogen-bond acceptors (Lipinski definition) is 5. The van der Waals surface area contributed by atoms with Crippen LogP contribution in [0.5, 0.6) is 0 Å². The van der Waals surface area contributed by atoms with Gasteiger partial charge in [0.2, 0.25) is 0 Å². The Labute approximate surface area is 147 Å². The van der Waals surface area contributed by atoms with Crippen LogP contribution in [-0.4, -0.2) is 21.9 Å². The normalized spacial score (nSPS) is 16.5. The van der Waals surface area contributed by atoms with Gasteiger partial charge >= 0.3 is 0 Å². The standard InChI is InChI=1S/C16H11ClN4O2S/c17-10-1-3-11(4-2-10)21-15(23)12(14(22)20-16(21)24)7-9-5-6-19-8-13(9)18/h1-8H,18H2,(H,20,22,24). The van der Waals surface area contributed by atoms with Crippen molar-refractivity contribution in [1.29, 1.82) is 0 Å². The maximum Gasteiger partial charge on any atom is 0.270 e. The van der Waals surface area contributed by atoms with Crippen LogP contribution in [0.4, 0.5) is 11.4 Å². The van der Waals surface area contributed by atoms with E-state index in [0.29, 0.717) is 22.0 Å². The molecule has 1 aromatic carbocycles. The lowest BCUT2D eigenvalue weighted by atomic mass is 10.1. The van der Waals surface area contributed by atoms with Crippen LogP contribution in [0.2, 0.25) is 5.02 Å². The lowest BCUT2D eigenvalue weighted by Gasteiger charge is -2.29. The second-order valence-electron chi connectivity index (χ2n) is 4.94. The summed E-state index contributed by atoms with van der Waals surface area (Å²) in [6, 6.07) is 8.16. The molecule has 0 aliphatic carbocycles. The SMILES string of the molecule is Nc1cnccc1C=C1C(=O)NC(=S)N(c2ccc(Cl)cc2)C1=O. The Morgan fingerprint density at radius 1 is 1.21 bits per heavy atom. The number of nitrogens with one attached hydrogen (secondary N) is 1. The van der Waals surface area contributed by atoms with Crippen LogP contribution in [0.15, 0.2) is 48.3 Å². The highest BCUT2D eigenvalue weighted by atomic mass is 35.5. The predicted molar refractivity (Wildman–Crippen MR) is 96.3 cm³/mol. The molecule has 6 nitrogen and oxygen atoms in total. The van der Waals surface area contributed by atoms with Crippen molar-refractivity contribution in [2.45, 2.75) is 0 Å². The molecule has 0 spiro atoms. The summed E-state index contributed by atoms with van der Waals surface area (Å²) in [5.41, 5.74) is 7.12. The first-order valence-corrected chi connectivity index (χ1v) is 7.62. The van der Waals surface area contributed by atoms with Crippen LogP contribution >= 0.6 is 23.8 Å². The van der Waals surface area contributed by atoms with E-state index in [0.717, 1.165) is 0 Å². The number of nitrogen functional groups attached to an aromatic ring is 1. The van der Waals surface area contributed by atoms with E-state index >= 15 is 0 Å². The predicted octanol–water partition coefficient (Wildman–Crippen LogP) is 2.15. The molecule has 1 aliphatic rings. The third kappa shape index (κ3) is 2.99. The van der Waals surface area contributed by atoms with Crippen molar-refractivity contribution in [3.8, 4) is 0 Å². The van der Waals surface area contributed by atoms with Crippen molar-refractivity contribution in [3.05, 3.63) is 58.9 Å². The van der Waals surface area contributed by atoms with Gasteiger partial charge in [-0.3, -0.25) is 24.8 Å². The number of anilines is 2. The zero-order chi connectivity index (χ0) is 17.3. The van der Waals surface area contributed by atoms with E-state index < -0.39 is 11.8 Å². The fraction of sp³-hybridized carbons (Fsp3) is 0. The van der Waals surface area contributed by atoms with Crippen LogP contribution in [0.25, 0.3) is 6.08 Å². The molecule has 1 saturated heterocycles. The van der Waals surface area contributed by atoms with Gasteiger partial charge in [-0.15, -0.1) is 0 Å². The largest absolute Gasteiger partial charge is 0.397 e. The number of thiocarbonyl (C=S) groups is 1. The summed E-state index contributed by atoms with van der Waals surface area (Å²) in [4.78, 5) is 30.0. The van der Waals surface area contributed by atoms with Gasteiger partial charge in [0.15, 0.2) is 5.11 Å². The van der Waals surface area contributed by atoms with Gasteiger partial charge in [-0.05, 0) is 48.6 Å². The van der Waals surface area contributed by atoms with Gasteiger partial charge in [0.05, 0.1) is 17.6 Å². The van der Waals surface area contributed by atoms with Crippen LogP contribution in [0.3, 0.4) is 0 Å². The molecule has 8 heteroatoms. The number of aromatic nitrogens is 1. The third-order valence-electron chi connectivity index (χ3n) is 3.37. The molecule has 0 unspecified atom stereocenters. The van der Waals surface area contributed by atoms with E-state index in [4.69, 9.17) is 29.6 Å². The fourth-order valence-electron chi connectivity index (χ4n) is 2.19. The first-order chi connectivity index (χ1) is 11.5. The minimum atomic E-state index is -0.577. The van der Waals surface area contributed by atoms with Gasteiger partial charge < -0.3 is 5.73 Å². The monoisotopic (exact) mass is 358 g/mol. The summed E-state index contributed by atoms with van der Waals surface area (Å²) in [6.07, 6.45) is 4.38. The van der Waals surface area contributed by atoms with E-state index in [1.165, 1.54) is 23.4 Å². The average Bonchev–Trinajstić information content (AvgIpc) is 2.54. The van der Waals surface area contributed by atoms with Gasteiger partial charge in [0.25, 0.3) is 11.8 Å². The summed E-state index contributed by atoms with van der Waals surface area (Å²) < 4.78 is 0. The van der Waals surface area contributed by atoms with Gasteiger partial charge in [-0.1, -0.05) is 11.6 Å². The van der Waals surface area contributed by atoms with Crippen molar-refractivity contribution < 1.29 is 9.59 Å². The molecule has 3 rings (SSSR count). The summed E-state index contributed by atoms with van der Waals surface area (Å²) in [5, 5.41) is 3.04. The zero-order valence-electron chi connectivity index (χ0n) is 12.2. The molecule has 0 radical (unpaired) electrons. The van der Waals surface area contributed by atoms with Crippen LogP contribution in [0, 0.1) is 0 Å². The summed E-state index contributed by atoms with van der Waals surface area (Å²) in [7, 11) is 0. The van der Waals surface area contributed by atoms with Crippen molar-refractivity contribution in [3.63, 3.8) is 0 Å². The number of carbonyl (C=O) groups is 2. The fourth-order valence-corrected chi connectivity index (χ4v) is 2.59. The van der Waals surface area contributed by atoms with Crippen molar-refractivity contribution in [2.75, 3.05) is 10.6 Å². The zero-order valence-corrected chi connectivity index (χ0v) is 13.8. The Morgan fingerprint density at radius 3 is 2.58 bits per heavy atom. The number of benzene rings is 1. The van der Waals surface area contributed by atoms with Gasteiger partial charge in [0.1, 0.15) is 5.57 Å². The lowest BCUT2D eigenvalue weighted by molar-refractivity contribution is -0.122. The van der Waals surface area contributed by atoms with Crippen molar-refractivity contribution in [1.82, 2.24) is 10.3 Å². The number of hydrogen-bond donors (Lipinski definition) is 2. The molecule has 24 heavy (non-hydrogen) atoms. The highest BCUT2D eigenvalue weighted by molar-refractivity contribution is 7.80. The van der Waals surface area contributed by atoms with E-state index in [1.807, 2.05) is 0 Å². The Hall–Kier alpha value is -2.77. The Kier molecular flexibility index (Phi) is 4.28. The molecular formula is C16H11ClN4O2S. The first-order valence-electron chi connectivity index (χ1n) is 6.84. The molecule has 0 saturated carbocycles. The minimum Gasteiger partial charge on any atom is -0.397 e. The molecule has 2 heterocycles. The number of nitrogens with zero attached hydrogens (tertiary/aromatic N) is 2. The van der Waals surface area contributed by atoms with E-state index in [2.05, 4.69) is 10.3 Å². The number of pyridine rings is 1. The Balaban J connectivity index is 2.03. The molecular weight excluding hydrogens is 348 g/mol. The Bertz CT molecular complexity index is 880. The van der Waals surface area contributed by atoms with Crippen LogP contribution < -0.4 is 16.0 Å². The van der Waals surface area contributed by atoms with Gasteiger partial charge in [0, 0.05) is 16.8 Å². The minimum absolute atomic E-state index is 0.00664. The summed E-state index contributed by atoms with van der Waals surface area (Å²) in [6.45, 7) is 0. The van der Waals surface area contributed by atoms with E-state index in [1.54, 1.807) is 30.3 Å². The average molecular weight is 359 g/mol. The van der Waals surface area contributed by atoms with E-state index in [-0.39, 0.29) is 10.7 Å². The number of amides is 2. The second kappa shape index (κ2) is 6.38. The first kappa shape index (κ1) is 16.1. The number of rotatable bonds is 2. The van der Waals surface area contributed by atoms with Crippen molar-refractivity contribution in [2.24, 2.45) is 0 Å². The topological polar surface area (TPSA) is 88.3 Å².